The summed E-state index contributed by atoms with van der Waals surface area (Å²) in [6.07, 6.45) is 0.965. The molecule has 0 atom stereocenters. The van der Waals surface area contributed by atoms with Crippen LogP contribution in [0.3, 0.4) is 0 Å². The van der Waals surface area contributed by atoms with Crippen LogP contribution in [0.1, 0.15) is 22.2 Å². The predicted octanol–water partition coefficient (Wildman–Crippen LogP) is 0.682. The number of benzene rings is 1. The number of hydrogen-bond donors (Lipinski definition) is 4. The molecule has 0 aliphatic heterocycles. The molecular weight excluding hydrogens is 396 g/mol. The van der Waals surface area contributed by atoms with Gasteiger partial charge in [-0.25, -0.2) is 4.98 Å². The molecule has 0 spiro atoms. The number of thiazole rings is 1. The molecule has 12 heteroatoms. The van der Waals surface area contributed by atoms with Crippen molar-refractivity contribution in [2.75, 3.05) is 11.1 Å². The topological polar surface area (TPSA) is 183 Å². The second-order valence-corrected chi connectivity index (χ2v) is 7.61. The van der Waals surface area contributed by atoms with Crippen LogP contribution in [0.15, 0.2) is 34.9 Å². The molecule has 0 saturated carbocycles. The van der Waals surface area contributed by atoms with Crippen LogP contribution in [0.5, 0.6) is 0 Å². The first-order chi connectivity index (χ1) is 12.5. The van der Waals surface area contributed by atoms with Crippen LogP contribution in [-0.4, -0.2) is 35.6 Å². The van der Waals surface area contributed by atoms with Crippen molar-refractivity contribution in [3.05, 3.63) is 40.3 Å². The normalized spacial score (nSPS) is 11.9. The fourth-order valence-corrected chi connectivity index (χ4v) is 3.71. The molecule has 10 nitrogen and oxygen atoms in total. The number of nitrogens with two attached hydrogens (primary N) is 2. The zero-order valence-electron chi connectivity index (χ0n) is 13.8. The Balaban J connectivity index is 2.42. The van der Waals surface area contributed by atoms with Gasteiger partial charge in [0.15, 0.2) is 10.9 Å². The Kier molecular flexibility index (Phi) is 5.73. The third kappa shape index (κ3) is 4.97. The molecule has 0 fully saturated rings. The molecule has 142 valence electrons. The zero-order chi connectivity index (χ0) is 20.4. The highest BCUT2D eigenvalue weighted by molar-refractivity contribution is 7.86. The average molecular weight is 410 g/mol. The number of Topliss-reactive ketones (excluding diaryl/α,β-unsaturated/α-hetero) is 1. The highest BCUT2D eigenvalue weighted by atomic mass is 32.2. The lowest BCUT2D eigenvalue weighted by Crippen LogP contribution is -2.19. The Morgan fingerprint density at radius 2 is 1.96 bits per heavy atom. The van der Waals surface area contributed by atoms with Gasteiger partial charge < -0.3 is 16.8 Å². The second kappa shape index (κ2) is 7.65. The van der Waals surface area contributed by atoms with E-state index in [2.05, 4.69) is 10.3 Å². The maximum Gasteiger partial charge on any atom is 0.313 e. The number of nitrogens with zero attached hydrogens (tertiary/aromatic N) is 1. The van der Waals surface area contributed by atoms with Crippen LogP contribution < -0.4 is 16.8 Å². The van der Waals surface area contributed by atoms with E-state index in [-0.39, 0.29) is 21.3 Å². The van der Waals surface area contributed by atoms with Crippen molar-refractivity contribution < 1.29 is 27.4 Å². The summed E-state index contributed by atoms with van der Waals surface area (Å²) in [7, 11) is -4.70. The summed E-state index contributed by atoms with van der Waals surface area (Å²) in [4.78, 5) is 38.8. The first-order valence-electron chi connectivity index (χ1n) is 7.16. The summed E-state index contributed by atoms with van der Waals surface area (Å²) in [5.41, 5.74) is 10.5. The standard InChI is InChI=1S/C15H14N4O6S2/c1-7(20)10(6-11-14(27(23,24)25)19-15(17)26-11)13(22)18-9-4-2-3-8(5-9)12(16)21/h2-6H,1H3,(H2,16,21)(H2,17,19)(H,18,22)(H,23,24,25). The third-order valence-electron chi connectivity index (χ3n) is 3.19. The molecule has 2 aromatic rings. The van der Waals surface area contributed by atoms with Crippen molar-refractivity contribution >= 4 is 55.9 Å². The number of aromatic nitrogens is 1. The van der Waals surface area contributed by atoms with Crippen molar-refractivity contribution in [3.8, 4) is 0 Å². The number of primary amides is 1. The van der Waals surface area contributed by atoms with Crippen molar-refractivity contribution in [2.45, 2.75) is 11.9 Å². The van der Waals surface area contributed by atoms with E-state index in [1.54, 1.807) is 0 Å². The largest absolute Gasteiger partial charge is 0.375 e. The lowest BCUT2D eigenvalue weighted by molar-refractivity contribution is -0.118. The van der Waals surface area contributed by atoms with Gasteiger partial charge in [0, 0.05) is 11.3 Å². The minimum Gasteiger partial charge on any atom is -0.375 e. The first-order valence-corrected chi connectivity index (χ1v) is 9.42. The Labute approximate surface area is 157 Å². The number of rotatable bonds is 6. The smallest absolute Gasteiger partial charge is 0.313 e. The number of nitrogens with one attached hydrogen (secondary N) is 1. The zero-order valence-corrected chi connectivity index (χ0v) is 15.4. The van der Waals surface area contributed by atoms with Crippen LogP contribution in [0.4, 0.5) is 10.8 Å². The molecule has 1 aromatic heterocycles. The molecule has 6 N–H and O–H groups in total. The van der Waals surface area contributed by atoms with E-state index in [1.165, 1.54) is 24.3 Å². The van der Waals surface area contributed by atoms with Gasteiger partial charge in [-0.05, 0) is 31.2 Å². The molecule has 27 heavy (non-hydrogen) atoms. The maximum atomic E-state index is 12.4. The van der Waals surface area contributed by atoms with E-state index in [0.29, 0.717) is 11.3 Å². The molecule has 1 heterocycles. The first kappa shape index (κ1) is 20.2. The molecule has 2 rings (SSSR count). The number of anilines is 2. The molecule has 0 bridgehead atoms. The highest BCUT2D eigenvalue weighted by Gasteiger charge is 2.23. The highest BCUT2D eigenvalue weighted by Crippen LogP contribution is 2.27. The Morgan fingerprint density at radius 3 is 2.52 bits per heavy atom. The minimum atomic E-state index is -4.70. The van der Waals surface area contributed by atoms with Gasteiger partial charge in [-0.3, -0.25) is 18.9 Å². The summed E-state index contributed by atoms with van der Waals surface area (Å²) in [6.45, 7) is 1.10. The number of hydrogen-bond acceptors (Lipinski definition) is 8. The fraction of sp³-hybridized carbons (Fsp3) is 0.0667. The molecule has 1 aromatic carbocycles. The van der Waals surface area contributed by atoms with Gasteiger partial charge in [-0.15, -0.1) is 0 Å². The summed E-state index contributed by atoms with van der Waals surface area (Å²) in [5.74, 6) is -2.24. The van der Waals surface area contributed by atoms with E-state index < -0.39 is 38.3 Å². The van der Waals surface area contributed by atoms with E-state index in [4.69, 9.17) is 11.5 Å². The van der Waals surface area contributed by atoms with Gasteiger partial charge in [0.25, 0.3) is 5.91 Å². The summed E-state index contributed by atoms with van der Waals surface area (Å²) in [5, 5.41) is 1.48. The number of ketones is 1. The van der Waals surface area contributed by atoms with Crippen LogP contribution in [0.25, 0.3) is 6.08 Å². The number of nitrogen functional groups attached to an aromatic ring is 1. The van der Waals surface area contributed by atoms with E-state index in [9.17, 15) is 27.4 Å². The van der Waals surface area contributed by atoms with Crippen molar-refractivity contribution in [2.24, 2.45) is 5.73 Å². The summed E-state index contributed by atoms with van der Waals surface area (Å²) >= 11 is 0.675. The Hall–Kier alpha value is -3.09. The van der Waals surface area contributed by atoms with Gasteiger partial charge >= 0.3 is 10.1 Å². The van der Waals surface area contributed by atoms with Crippen LogP contribution >= 0.6 is 11.3 Å². The Bertz CT molecular complexity index is 1070. The molecule has 0 aliphatic rings. The van der Waals surface area contributed by atoms with Crippen LogP contribution in [-0.2, 0) is 19.7 Å². The van der Waals surface area contributed by atoms with Gasteiger partial charge in [0.2, 0.25) is 10.9 Å². The number of carbonyl (C=O) groups excluding carboxylic acids is 3. The Morgan fingerprint density at radius 1 is 1.30 bits per heavy atom. The lowest BCUT2D eigenvalue weighted by Gasteiger charge is -2.07. The monoisotopic (exact) mass is 410 g/mol. The summed E-state index contributed by atoms with van der Waals surface area (Å²) < 4.78 is 31.9. The van der Waals surface area contributed by atoms with Crippen LogP contribution in [0, 0.1) is 0 Å². The quantitative estimate of drug-likeness (QED) is 0.232. The van der Waals surface area contributed by atoms with E-state index in [0.717, 1.165) is 13.0 Å². The predicted molar refractivity (Wildman–Crippen MR) is 98.6 cm³/mol. The van der Waals surface area contributed by atoms with Gasteiger partial charge in [-0.2, -0.15) is 8.42 Å². The number of amides is 2. The van der Waals surface area contributed by atoms with E-state index >= 15 is 0 Å². The average Bonchev–Trinajstić information content (AvgIpc) is 2.93. The van der Waals surface area contributed by atoms with Gasteiger partial charge in [0.05, 0.1) is 10.5 Å². The number of carbonyl (C=O) groups is 3. The van der Waals surface area contributed by atoms with E-state index in [1.807, 2.05) is 0 Å². The summed E-state index contributed by atoms with van der Waals surface area (Å²) in [6, 6.07) is 5.70. The lowest BCUT2D eigenvalue weighted by atomic mass is 10.1. The maximum absolute atomic E-state index is 12.4. The molecular formula is C15H14N4O6S2. The third-order valence-corrected chi connectivity index (χ3v) is 4.95. The van der Waals surface area contributed by atoms with Crippen molar-refractivity contribution in [1.29, 1.82) is 0 Å². The van der Waals surface area contributed by atoms with Crippen LogP contribution in [0.2, 0.25) is 0 Å². The van der Waals surface area contributed by atoms with Crippen molar-refractivity contribution in [3.63, 3.8) is 0 Å². The molecule has 0 aliphatic carbocycles. The fourth-order valence-electron chi connectivity index (χ4n) is 2.02. The van der Waals surface area contributed by atoms with Gasteiger partial charge in [0.1, 0.15) is 0 Å². The molecule has 0 unspecified atom stereocenters. The molecule has 0 radical (unpaired) electrons. The SMILES string of the molecule is CC(=O)C(=Cc1sc(N)nc1S(=O)(=O)O)C(=O)Nc1cccc(C(N)=O)c1. The van der Waals surface area contributed by atoms with Crippen molar-refractivity contribution in [1.82, 2.24) is 4.98 Å². The second-order valence-electron chi connectivity index (χ2n) is 5.21. The molecule has 2 amide bonds. The minimum absolute atomic E-state index is 0.144. The molecule has 0 saturated heterocycles. The van der Waals surface area contributed by atoms with Gasteiger partial charge in [-0.1, -0.05) is 17.4 Å².